The van der Waals surface area contributed by atoms with E-state index in [0.717, 1.165) is 19.6 Å². The molecule has 0 amide bonds. The third kappa shape index (κ3) is 4.29. The molecule has 3 heteroatoms. The van der Waals surface area contributed by atoms with Gasteiger partial charge in [0, 0.05) is 25.2 Å². The molecule has 0 bridgehead atoms. The number of piperidine rings is 1. The normalized spacial score (nSPS) is 22.5. The zero-order chi connectivity index (χ0) is 14.4. The number of hydrogen-bond acceptors (Lipinski definition) is 3. The first-order valence-electron chi connectivity index (χ1n) is 8.58. The Morgan fingerprint density at radius 3 is 2.52 bits per heavy atom. The van der Waals surface area contributed by atoms with Gasteiger partial charge in [0.1, 0.15) is 0 Å². The van der Waals surface area contributed by atoms with Gasteiger partial charge >= 0.3 is 0 Å². The van der Waals surface area contributed by atoms with Crippen molar-refractivity contribution in [3.05, 3.63) is 35.9 Å². The van der Waals surface area contributed by atoms with Gasteiger partial charge in [0.05, 0.1) is 0 Å². The molecule has 0 unspecified atom stereocenters. The molecular formula is C18H29N3. The summed E-state index contributed by atoms with van der Waals surface area (Å²) in [6, 6.07) is 10.9. The fraction of sp³-hybridized carbons (Fsp3) is 0.667. The second-order valence-electron chi connectivity index (χ2n) is 6.67. The molecule has 0 aliphatic carbocycles. The highest BCUT2D eigenvalue weighted by Gasteiger charge is 2.34. The summed E-state index contributed by atoms with van der Waals surface area (Å²) >= 11 is 0. The number of nitrogens with zero attached hydrogens (tertiary/aromatic N) is 1. The Bertz CT molecular complexity index is 402. The number of hydrogen-bond donors (Lipinski definition) is 2. The third-order valence-electron chi connectivity index (χ3n) is 5.11. The molecular weight excluding hydrogens is 258 g/mol. The SMILES string of the molecule is c1ccc(CCCCN2CCC3(CC2)CNCCN3)cc1. The predicted molar refractivity (Wildman–Crippen MR) is 88.7 cm³/mol. The van der Waals surface area contributed by atoms with Crippen LogP contribution >= 0.6 is 0 Å². The molecule has 3 rings (SSSR count). The van der Waals surface area contributed by atoms with E-state index in [9.17, 15) is 0 Å². The molecule has 0 radical (unpaired) electrons. The Morgan fingerprint density at radius 1 is 1.00 bits per heavy atom. The zero-order valence-electron chi connectivity index (χ0n) is 13.1. The predicted octanol–water partition coefficient (Wildman–Crippen LogP) is 2.04. The summed E-state index contributed by atoms with van der Waals surface area (Å²) in [6.45, 7) is 7.23. The number of piperazine rings is 1. The van der Waals surface area contributed by atoms with Crippen LogP contribution in [-0.2, 0) is 6.42 Å². The van der Waals surface area contributed by atoms with Crippen LogP contribution < -0.4 is 10.6 Å². The van der Waals surface area contributed by atoms with Crippen molar-refractivity contribution in [1.82, 2.24) is 15.5 Å². The first-order valence-corrected chi connectivity index (χ1v) is 8.58. The van der Waals surface area contributed by atoms with Crippen molar-refractivity contribution >= 4 is 0 Å². The first-order chi connectivity index (χ1) is 10.4. The zero-order valence-corrected chi connectivity index (χ0v) is 13.1. The van der Waals surface area contributed by atoms with Gasteiger partial charge in [-0.05, 0) is 57.3 Å². The molecule has 2 heterocycles. The fourth-order valence-corrected chi connectivity index (χ4v) is 3.67. The minimum absolute atomic E-state index is 0.402. The average Bonchev–Trinajstić information content (AvgIpc) is 2.55. The lowest BCUT2D eigenvalue weighted by atomic mass is 9.86. The highest BCUT2D eigenvalue weighted by Crippen LogP contribution is 2.23. The average molecular weight is 287 g/mol. The summed E-state index contributed by atoms with van der Waals surface area (Å²) in [5.41, 5.74) is 1.88. The van der Waals surface area contributed by atoms with Gasteiger partial charge in [-0.15, -0.1) is 0 Å². The van der Waals surface area contributed by atoms with Crippen molar-refractivity contribution in [3.8, 4) is 0 Å². The van der Waals surface area contributed by atoms with Crippen molar-refractivity contribution in [2.45, 2.75) is 37.6 Å². The Balaban J connectivity index is 1.32. The van der Waals surface area contributed by atoms with Crippen LogP contribution in [0.5, 0.6) is 0 Å². The van der Waals surface area contributed by atoms with E-state index in [1.54, 1.807) is 0 Å². The fourth-order valence-electron chi connectivity index (χ4n) is 3.67. The van der Waals surface area contributed by atoms with Crippen molar-refractivity contribution in [2.75, 3.05) is 39.3 Å². The van der Waals surface area contributed by atoms with E-state index in [-0.39, 0.29) is 0 Å². The summed E-state index contributed by atoms with van der Waals surface area (Å²) in [4.78, 5) is 2.66. The van der Waals surface area contributed by atoms with E-state index >= 15 is 0 Å². The summed E-state index contributed by atoms with van der Waals surface area (Å²) in [5, 5.41) is 7.30. The molecule has 1 aromatic carbocycles. The molecule has 0 aromatic heterocycles. The number of unbranched alkanes of at least 4 members (excludes halogenated alkanes) is 1. The van der Waals surface area contributed by atoms with Crippen LogP contribution in [0.3, 0.4) is 0 Å². The van der Waals surface area contributed by atoms with Gasteiger partial charge in [-0.3, -0.25) is 0 Å². The van der Waals surface area contributed by atoms with Crippen molar-refractivity contribution in [3.63, 3.8) is 0 Å². The van der Waals surface area contributed by atoms with E-state index in [1.165, 1.54) is 57.3 Å². The number of rotatable bonds is 5. The molecule has 116 valence electrons. The Hall–Kier alpha value is -0.900. The Labute approximate surface area is 129 Å². The topological polar surface area (TPSA) is 27.3 Å². The molecule has 1 spiro atoms. The van der Waals surface area contributed by atoms with Crippen LogP contribution in [0.4, 0.5) is 0 Å². The monoisotopic (exact) mass is 287 g/mol. The van der Waals surface area contributed by atoms with E-state index in [4.69, 9.17) is 0 Å². The van der Waals surface area contributed by atoms with Gasteiger partial charge in [0.25, 0.3) is 0 Å². The molecule has 2 aliphatic heterocycles. The van der Waals surface area contributed by atoms with Crippen LogP contribution in [0.15, 0.2) is 30.3 Å². The lowest BCUT2D eigenvalue weighted by Gasteiger charge is -2.45. The first kappa shape index (κ1) is 15.0. The maximum absolute atomic E-state index is 3.75. The van der Waals surface area contributed by atoms with E-state index < -0.39 is 0 Å². The van der Waals surface area contributed by atoms with Crippen LogP contribution in [-0.4, -0.2) is 49.7 Å². The quantitative estimate of drug-likeness (QED) is 0.812. The van der Waals surface area contributed by atoms with Crippen molar-refractivity contribution in [1.29, 1.82) is 0 Å². The van der Waals surface area contributed by atoms with Crippen LogP contribution in [0, 0.1) is 0 Å². The second-order valence-corrected chi connectivity index (χ2v) is 6.67. The molecule has 3 nitrogen and oxygen atoms in total. The largest absolute Gasteiger partial charge is 0.314 e. The maximum atomic E-state index is 3.75. The van der Waals surface area contributed by atoms with Crippen molar-refractivity contribution in [2.24, 2.45) is 0 Å². The summed E-state index contributed by atoms with van der Waals surface area (Å²) in [7, 11) is 0. The van der Waals surface area contributed by atoms with Gasteiger partial charge in [-0.25, -0.2) is 0 Å². The molecule has 2 fully saturated rings. The van der Waals surface area contributed by atoms with Crippen LogP contribution in [0.25, 0.3) is 0 Å². The number of likely N-dealkylation sites (tertiary alicyclic amines) is 1. The molecule has 2 aliphatic rings. The van der Waals surface area contributed by atoms with Gasteiger partial charge in [-0.1, -0.05) is 30.3 Å². The lowest BCUT2D eigenvalue weighted by Crippen LogP contribution is -2.63. The standard InChI is InChI=1S/C18H29N3/c1-2-6-17(7-3-1)8-4-5-13-21-14-9-18(10-15-21)16-19-11-12-20-18/h1-3,6-7,19-20H,4-5,8-16H2. The molecule has 2 saturated heterocycles. The van der Waals surface area contributed by atoms with Crippen LogP contribution in [0.2, 0.25) is 0 Å². The smallest absolute Gasteiger partial charge is 0.0331 e. The molecule has 2 N–H and O–H groups in total. The molecule has 0 atom stereocenters. The second kappa shape index (κ2) is 7.39. The highest BCUT2D eigenvalue weighted by molar-refractivity contribution is 5.14. The number of benzene rings is 1. The van der Waals surface area contributed by atoms with Crippen molar-refractivity contribution < 1.29 is 0 Å². The van der Waals surface area contributed by atoms with Gasteiger partial charge in [0.15, 0.2) is 0 Å². The summed E-state index contributed by atoms with van der Waals surface area (Å²) in [6.07, 6.45) is 6.47. The van der Waals surface area contributed by atoms with Gasteiger partial charge in [-0.2, -0.15) is 0 Å². The van der Waals surface area contributed by atoms with E-state index in [2.05, 4.69) is 45.9 Å². The van der Waals surface area contributed by atoms with E-state index in [1.807, 2.05) is 0 Å². The van der Waals surface area contributed by atoms with Crippen LogP contribution in [0.1, 0.15) is 31.2 Å². The Kier molecular flexibility index (Phi) is 5.28. The third-order valence-corrected chi connectivity index (χ3v) is 5.11. The van der Waals surface area contributed by atoms with Gasteiger partial charge in [0.2, 0.25) is 0 Å². The van der Waals surface area contributed by atoms with E-state index in [0.29, 0.717) is 5.54 Å². The summed E-state index contributed by atoms with van der Waals surface area (Å²) < 4.78 is 0. The number of aryl methyl sites for hydroxylation is 1. The molecule has 0 saturated carbocycles. The maximum Gasteiger partial charge on any atom is 0.0331 e. The lowest BCUT2D eigenvalue weighted by molar-refractivity contribution is 0.120. The minimum atomic E-state index is 0.402. The van der Waals surface area contributed by atoms with Gasteiger partial charge < -0.3 is 15.5 Å². The molecule has 1 aromatic rings. The number of nitrogens with one attached hydrogen (secondary N) is 2. The minimum Gasteiger partial charge on any atom is -0.314 e. The molecule has 21 heavy (non-hydrogen) atoms. The summed E-state index contributed by atoms with van der Waals surface area (Å²) in [5.74, 6) is 0. The highest BCUT2D eigenvalue weighted by atomic mass is 15.2. The Morgan fingerprint density at radius 2 is 1.81 bits per heavy atom.